The minimum Gasteiger partial charge on any atom is -0.445 e. The van der Waals surface area contributed by atoms with E-state index >= 15 is 0 Å². The second kappa shape index (κ2) is 8.58. The molecule has 0 aromatic heterocycles. The van der Waals surface area contributed by atoms with Crippen molar-refractivity contribution in [1.82, 2.24) is 9.80 Å². The summed E-state index contributed by atoms with van der Waals surface area (Å²) < 4.78 is 5.51. The van der Waals surface area contributed by atoms with Gasteiger partial charge in [0.15, 0.2) is 5.60 Å². The van der Waals surface area contributed by atoms with Crippen LogP contribution in [0.4, 0.5) is 5.69 Å². The van der Waals surface area contributed by atoms with Gasteiger partial charge in [-0.05, 0) is 42.8 Å². The largest absolute Gasteiger partial charge is 0.445 e. The van der Waals surface area contributed by atoms with E-state index in [0.717, 1.165) is 44.8 Å². The van der Waals surface area contributed by atoms with Crippen molar-refractivity contribution < 1.29 is 14.3 Å². The molecular formula is C24H29N3O3. The van der Waals surface area contributed by atoms with Gasteiger partial charge in [0.2, 0.25) is 0 Å². The molecule has 2 aliphatic heterocycles. The Morgan fingerprint density at radius 1 is 1.03 bits per heavy atom. The van der Waals surface area contributed by atoms with E-state index in [1.165, 1.54) is 5.56 Å². The number of carbonyl (C=O) groups is 2. The number of cyclic esters (lactones) is 1. The van der Waals surface area contributed by atoms with E-state index in [9.17, 15) is 9.59 Å². The van der Waals surface area contributed by atoms with Gasteiger partial charge in [-0.1, -0.05) is 37.3 Å². The second-order valence-corrected chi connectivity index (χ2v) is 8.32. The molecule has 2 heterocycles. The predicted octanol–water partition coefficient (Wildman–Crippen LogP) is 2.93. The Balaban J connectivity index is 1.36. The van der Waals surface area contributed by atoms with E-state index in [0.29, 0.717) is 17.7 Å². The molecule has 0 bridgehead atoms. The molecule has 2 aromatic carbocycles. The third-order valence-electron chi connectivity index (χ3n) is 6.09. The minimum atomic E-state index is -1.22. The number of ether oxygens (including phenoxy) is 1. The van der Waals surface area contributed by atoms with Crippen LogP contribution in [0.5, 0.6) is 0 Å². The van der Waals surface area contributed by atoms with Crippen LogP contribution in [-0.4, -0.2) is 60.0 Å². The SMILES string of the molecule is CCN1CCN(Cc2ccc(NC(=O)C3(C)Cc4ccccc4C(=O)O3)cc2)CC1. The Morgan fingerprint density at radius 3 is 2.40 bits per heavy atom. The highest BCUT2D eigenvalue weighted by Gasteiger charge is 2.42. The number of nitrogens with one attached hydrogen (secondary N) is 1. The van der Waals surface area contributed by atoms with Crippen molar-refractivity contribution in [3.63, 3.8) is 0 Å². The lowest BCUT2D eigenvalue weighted by Gasteiger charge is -2.34. The smallest absolute Gasteiger partial charge is 0.339 e. The van der Waals surface area contributed by atoms with Gasteiger partial charge in [-0.15, -0.1) is 0 Å². The summed E-state index contributed by atoms with van der Waals surface area (Å²) in [6, 6.07) is 15.2. The predicted molar refractivity (Wildman–Crippen MR) is 116 cm³/mol. The number of benzene rings is 2. The van der Waals surface area contributed by atoms with Gasteiger partial charge < -0.3 is 15.0 Å². The number of nitrogens with zero attached hydrogens (tertiary/aromatic N) is 2. The number of anilines is 1. The summed E-state index contributed by atoms with van der Waals surface area (Å²) >= 11 is 0. The minimum absolute atomic E-state index is 0.311. The number of piperazine rings is 1. The highest BCUT2D eigenvalue weighted by Crippen LogP contribution is 2.29. The molecule has 1 atom stereocenters. The molecular weight excluding hydrogens is 378 g/mol. The molecule has 2 aromatic rings. The Labute approximate surface area is 177 Å². The standard InChI is InChI=1S/C24H29N3O3/c1-3-26-12-14-27(15-13-26)17-18-8-10-20(11-9-18)25-23(29)24(2)16-19-6-4-5-7-21(19)22(28)30-24/h4-11H,3,12-17H2,1-2H3,(H,25,29). The topological polar surface area (TPSA) is 61.9 Å². The van der Waals surface area contributed by atoms with Gasteiger partial charge in [-0.25, -0.2) is 4.79 Å². The normalized spacial score (nSPS) is 22.3. The monoisotopic (exact) mass is 407 g/mol. The summed E-state index contributed by atoms with van der Waals surface area (Å²) in [5.41, 5.74) is 2.08. The summed E-state index contributed by atoms with van der Waals surface area (Å²) in [5.74, 6) is -0.762. The fourth-order valence-electron chi connectivity index (χ4n) is 4.14. The van der Waals surface area contributed by atoms with E-state index < -0.39 is 11.6 Å². The van der Waals surface area contributed by atoms with E-state index in [4.69, 9.17) is 4.74 Å². The fourth-order valence-corrected chi connectivity index (χ4v) is 4.14. The molecule has 1 unspecified atom stereocenters. The number of hydrogen-bond donors (Lipinski definition) is 1. The maximum absolute atomic E-state index is 12.9. The molecule has 4 rings (SSSR count). The number of carbonyl (C=O) groups excluding carboxylic acids is 2. The van der Waals surface area contributed by atoms with Gasteiger partial charge in [-0.3, -0.25) is 9.69 Å². The van der Waals surface area contributed by atoms with Crippen molar-refractivity contribution in [2.75, 3.05) is 38.0 Å². The zero-order valence-corrected chi connectivity index (χ0v) is 17.7. The summed E-state index contributed by atoms with van der Waals surface area (Å²) in [6.07, 6.45) is 0.364. The summed E-state index contributed by atoms with van der Waals surface area (Å²) in [5, 5.41) is 2.91. The Bertz CT molecular complexity index is 920. The first-order valence-electron chi connectivity index (χ1n) is 10.6. The van der Waals surface area contributed by atoms with Crippen LogP contribution in [0, 0.1) is 0 Å². The first-order chi connectivity index (χ1) is 14.5. The summed E-state index contributed by atoms with van der Waals surface area (Å²) in [4.78, 5) is 30.1. The lowest BCUT2D eigenvalue weighted by Crippen LogP contribution is -2.48. The second-order valence-electron chi connectivity index (χ2n) is 8.32. The van der Waals surface area contributed by atoms with E-state index in [2.05, 4.69) is 22.0 Å². The van der Waals surface area contributed by atoms with Crippen molar-refractivity contribution in [1.29, 1.82) is 0 Å². The average molecular weight is 408 g/mol. The quantitative estimate of drug-likeness (QED) is 0.773. The maximum atomic E-state index is 12.9. The molecule has 0 radical (unpaired) electrons. The average Bonchev–Trinajstić information content (AvgIpc) is 2.75. The number of hydrogen-bond acceptors (Lipinski definition) is 5. The molecule has 0 spiro atoms. The Hall–Kier alpha value is -2.70. The molecule has 1 fully saturated rings. The van der Waals surface area contributed by atoms with E-state index in [1.54, 1.807) is 19.1 Å². The van der Waals surface area contributed by atoms with Crippen LogP contribution in [0.3, 0.4) is 0 Å². The number of rotatable bonds is 5. The molecule has 0 aliphatic carbocycles. The molecule has 158 valence electrons. The van der Waals surface area contributed by atoms with Gasteiger partial charge in [0.05, 0.1) is 5.56 Å². The van der Waals surface area contributed by atoms with Crippen molar-refractivity contribution in [2.24, 2.45) is 0 Å². The number of amides is 1. The van der Waals surface area contributed by atoms with Crippen LogP contribution < -0.4 is 5.32 Å². The highest BCUT2D eigenvalue weighted by molar-refractivity contribution is 6.02. The summed E-state index contributed by atoms with van der Waals surface area (Å²) in [6.45, 7) is 10.3. The van der Waals surface area contributed by atoms with Crippen molar-refractivity contribution in [3.8, 4) is 0 Å². The molecule has 6 heteroatoms. The third kappa shape index (κ3) is 4.40. The molecule has 0 saturated carbocycles. The molecule has 30 heavy (non-hydrogen) atoms. The van der Waals surface area contributed by atoms with Crippen LogP contribution in [-0.2, 0) is 22.5 Å². The van der Waals surface area contributed by atoms with Crippen LogP contribution >= 0.6 is 0 Å². The first-order valence-corrected chi connectivity index (χ1v) is 10.6. The van der Waals surface area contributed by atoms with Gasteiger partial charge >= 0.3 is 5.97 Å². The highest BCUT2D eigenvalue weighted by atomic mass is 16.6. The molecule has 6 nitrogen and oxygen atoms in total. The molecule has 1 N–H and O–H groups in total. The third-order valence-corrected chi connectivity index (χ3v) is 6.09. The maximum Gasteiger partial charge on any atom is 0.339 e. The molecule has 2 aliphatic rings. The van der Waals surface area contributed by atoms with E-state index in [-0.39, 0.29) is 5.91 Å². The van der Waals surface area contributed by atoms with Gasteiger partial charge in [0.25, 0.3) is 5.91 Å². The van der Waals surface area contributed by atoms with Crippen LogP contribution in [0.2, 0.25) is 0 Å². The summed E-state index contributed by atoms with van der Waals surface area (Å²) in [7, 11) is 0. The lowest BCUT2D eigenvalue weighted by atomic mass is 9.89. The van der Waals surface area contributed by atoms with Gasteiger partial charge in [-0.2, -0.15) is 0 Å². The lowest BCUT2D eigenvalue weighted by molar-refractivity contribution is -0.134. The van der Waals surface area contributed by atoms with Crippen LogP contribution in [0.25, 0.3) is 0 Å². The zero-order valence-electron chi connectivity index (χ0n) is 17.7. The van der Waals surface area contributed by atoms with Crippen LogP contribution in [0.1, 0.15) is 35.3 Å². The number of likely N-dealkylation sites (N-methyl/N-ethyl adjacent to an activating group) is 1. The van der Waals surface area contributed by atoms with E-state index in [1.807, 2.05) is 36.4 Å². The van der Waals surface area contributed by atoms with Crippen molar-refractivity contribution in [3.05, 3.63) is 65.2 Å². The van der Waals surface area contributed by atoms with Gasteiger partial charge in [0.1, 0.15) is 0 Å². The molecule has 1 saturated heterocycles. The van der Waals surface area contributed by atoms with Crippen LogP contribution in [0.15, 0.2) is 48.5 Å². The zero-order chi connectivity index (χ0) is 21.1. The number of esters is 1. The number of fused-ring (bicyclic) bond motifs is 1. The molecule has 1 amide bonds. The Morgan fingerprint density at radius 2 is 1.70 bits per heavy atom. The first kappa shape index (κ1) is 20.6. The Kier molecular flexibility index (Phi) is 5.88. The van der Waals surface area contributed by atoms with Crippen molar-refractivity contribution in [2.45, 2.75) is 32.4 Å². The van der Waals surface area contributed by atoms with Crippen molar-refractivity contribution >= 4 is 17.6 Å². The van der Waals surface area contributed by atoms with Gasteiger partial charge in [0, 0.05) is 44.8 Å². The fraction of sp³-hybridized carbons (Fsp3) is 0.417.